The van der Waals surface area contributed by atoms with Crippen LogP contribution in [0.2, 0.25) is 0 Å². The molecule has 0 N–H and O–H groups in total. The summed E-state index contributed by atoms with van der Waals surface area (Å²) in [5, 5.41) is 0. The summed E-state index contributed by atoms with van der Waals surface area (Å²) in [6.45, 7) is 7.88. The van der Waals surface area contributed by atoms with Crippen molar-refractivity contribution in [2.24, 2.45) is 0 Å². The standard InChI is InChI=1S/C16H26O2/c1-3-15(11-7-5-8-12-15)17-18-16(4-2)13-9-6-10-14-16/h3-4H,1-2,5-14H2. The summed E-state index contributed by atoms with van der Waals surface area (Å²) in [6.07, 6.45) is 15.4. The van der Waals surface area contributed by atoms with Crippen LogP contribution in [-0.4, -0.2) is 11.2 Å². The van der Waals surface area contributed by atoms with Gasteiger partial charge in [0.25, 0.3) is 0 Å². The fourth-order valence-electron chi connectivity index (χ4n) is 3.11. The molecule has 2 aliphatic rings. The third-order valence-electron chi connectivity index (χ3n) is 4.52. The minimum atomic E-state index is -0.258. The van der Waals surface area contributed by atoms with Crippen molar-refractivity contribution in [3.63, 3.8) is 0 Å². The zero-order valence-electron chi connectivity index (χ0n) is 11.5. The lowest BCUT2D eigenvalue weighted by Gasteiger charge is -2.39. The van der Waals surface area contributed by atoms with E-state index >= 15 is 0 Å². The molecule has 0 heterocycles. The Hall–Kier alpha value is -0.600. The molecule has 0 unspecified atom stereocenters. The van der Waals surface area contributed by atoms with E-state index in [9.17, 15) is 0 Å². The lowest BCUT2D eigenvalue weighted by Crippen LogP contribution is -2.40. The summed E-state index contributed by atoms with van der Waals surface area (Å²) >= 11 is 0. The lowest BCUT2D eigenvalue weighted by atomic mass is 9.84. The molecule has 0 aromatic rings. The highest BCUT2D eigenvalue weighted by Crippen LogP contribution is 2.38. The van der Waals surface area contributed by atoms with Crippen LogP contribution in [-0.2, 0) is 9.78 Å². The highest BCUT2D eigenvalue weighted by atomic mass is 17.2. The molecule has 0 amide bonds. The molecule has 0 spiro atoms. The molecule has 0 aromatic carbocycles. The second-order valence-electron chi connectivity index (χ2n) is 5.83. The molecule has 0 bridgehead atoms. The van der Waals surface area contributed by atoms with E-state index in [2.05, 4.69) is 13.2 Å². The normalized spacial score (nSPS) is 26.4. The SMILES string of the molecule is C=CC1(OOC2(C=C)CCCCC2)CCCCC1. The molecule has 0 saturated heterocycles. The van der Waals surface area contributed by atoms with Gasteiger partial charge in [0.05, 0.1) is 0 Å². The van der Waals surface area contributed by atoms with Crippen molar-refractivity contribution in [1.82, 2.24) is 0 Å². The predicted molar refractivity (Wildman–Crippen MR) is 74.2 cm³/mol. The monoisotopic (exact) mass is 250 g/mol. The van der Waals surface area contributed by atoms with Gasteiger partial charge in [0.1, 0.15) is 11.2 Å². The Morgan fingerprint density at radius 2 is 0.944 bits per heavy atom. The van der Waals surface area contributed by atoms with Crippen LogP contribution in [0.25, 0.3) is 0 Å². The van der Waals surface area contributed by atoms with E-state index in [0.717, 1.165) is 25.7 Å². The van der Waals surface area contributed by atoms with Crippen molar-refractivity contribution in [2.75, 3.05) is 0 Å². The molecule has 18 heavy (non-hydrogen) atoms. The molecule has 2 heteroatoms. The van der Waals surface area contributed by atoms with Gasteiger partial charge in [-0.05, 0) is 25.7 Å². The summed E-state index contributed by atoms with van der Waals surface area (Å²) in [4.78, 5) is 11.7. The van der Waals surface area contributed by atoms with Gasteiger partial charge in [-0.1, -0.05) is 50.7 Å². The van der Waals surface area contributed by atoms with Gasteiger partial charge in [-0.3, -0.25) is 0 Å². The van der Waals surface area contributed by atoms with Crippen LogP contribution >= 0.6 is 0 Å². The second kappa shape index (κ2) is 6.03. The first kappa shape index (κ1) is 13.8. The average Bonchev–Trinajstić information content (AvgIpc) is 2.47. The van der Waals surface area contributed by atoms with Gasteiger partial charge < -0.3 is 0 Å². The van der Waals surface area contributed by atoms with Crippen LogP contribution in [0, 0.1) is 0 Å². The second-order valence-corrected chi connectivity index (χ2v) is 5.83. The van der Waals surface area contributed by atoms with Crippen LogP contribution < -0.4 is 0 Å². The summed E-state index contributed by atoms with van der Waals surface area (Å²) < 4.78 is 0. The van der Waals surface area contributed by atoms with Crippen molar-refractivity contribution < 1.29 is 9.78 Å². The molecule has 2 aliphatic carbocycles. The van der Waals surface area contributed by atoms with Crippen molar-refractivity contribution in [2.45, 2.75) is 75.4 Å². The van der Waals surface area contributed by atoms with Gasteiger partial charge in [0.2, 0.25) is 0 Å². The Balaban J connectivity index is 1.95. The predicted octanol–water partition coefficient (Wildman–Crippen LogP) is 4.71. The maximum absolute atomic E-state index is 5.86. The molecular weight excluding hydrogens is 224 g/mol. The van der Waals surface area contributed by atoms with Gasteiger partial charge in [0, 0.05) is 0 Å². The maximum atomic E-state index is 5.86. The molecule has 2 rings (SSSR count). The van der Waals surface area contributed by atoms with E-state index in [0.29, 0.717) is 0 Å². The number of hydrogen-bond donors (Lipinski definition) is 0. The smallest absolute Gasteiger partial charge is 0.121 e. The van der Waals surface area contributed by atoms with Crippen molar-refractivity contribution >= 4 is 0 Å². The van der Waals surface area contributed by atoms with Gasteiger partial charge in [0.15, 0.2) is 0 Å². The topological polar surface area (TPSA) is 18.5 Å². The molecular formula is C16H26O2. The van der Waals surface area contributed by atoms with Crippen molar-refractivity contribution in [1.29, 1.82) is 0 Å². The zero-order chi connectivity index (χ0) is 12.9. The van der Waals surface area contributed by atoms with Crippen molar-refractivity contribution in [3.05, 3.63) is 25.3 Å². The third kappa shape index (κ3) is 3.04. The maximum Gasteiger partial charge on any atom is 0.121 e. The lowest BCUT2D eigenvalue weighted by molar-refractivity contribution is -0.401. The first-order valence-electron chi connectivity index (χ1n) is 7.38. The Kier molecular flexibility index (Phi) is 4.63. The fraction of sp³-hybridized carbons (Fsp3) is 0.750. The molecule has 0 aromatic heterocycles. The van der Waals surface area contributed by atoms with E-state index < -0.39 is 0 Å². The Morgan fingerprint density at radius 1 is 0.611 bits per heavy atom. The summed E-state index contributed by atoms with van der Waals surface area (Å²) in [5.41, 5.74) is -0.516. The third-order valence-corrected chi connectivity index (χ3v) is 4.52. The van der Waals surface area contributed by atoms with Gasteiger partial charge in [-0.25, -0.2) is 9.78 Å². The first-order chi connectivity index (χ1) is 8.74. The Morgan fingerprint density at radius 3 is 1.22 bits per heavy atom. The van der Waals surface area contributed by atoms with E-state index in [1.54, 1.807) is 0 Å². The number of rotatable bonds is 5. The van der Waals surface area contributed by atoms with Crippen molar-refractivity contribution in [3.8, 4) is 0 Å². The first-order valence-corrected chi connectivity index (χ1v) is 7.38. The van der Waals surface area contributed by atoms with Gasteiger partial charge in [-0.15, -0.1) is 13.2 Å². The fourth-order valence-corrected chi connectivity index (χ4v) is 3.11. The highest BCUT2D eigenvalue weighted by Gasteiger charge is 2.37. The zero-order valence-corrected chi connectivity index (χ0v) is 11.5. The summed E-state index contributed by atoms with van der Waals surface area (Å²) in [7, 11) is 0. The van der Waals surface area contributed by atoms with Crippen LogP contribution in [0.5, 0.6) is 0 Å². The summed E-state index contributed by atoms with van der Waals surface area (Å²) in [5.74, 6) is 0. The average molecular weight is 250 g/mol. The van der Waals surface area contributed by atoms with E-state index in [1.807, 2.05) is 12.2 Å². The van der Waals surface area contributed by atoms with Crippen LogP contribution in [0.3, 0.4) is 0 Å². The Labute approximate surface area is 111 Å². The molecule has 2 nitrogen and oxygen atoms in total. The van der Waals surface area contributed by atoms with Gasteiger partial charge >= 0.3 is 0 Å². The van der Waals surface area contributed by atoms with E-state index in [-0.39, 0.29) is 11.2 Å². The molecule has 0 aliphatic heterocycles. The quantitative estimate of drug-likeness (QED) is 0.399. The van der Waals surface area contributed by atoms with Gasteiger partial charge in [-0.2, -0.15) is 0 Å². The molecule has 2 saturated carbocycles. The molecule has 102 valence electrons. The highest BCUT2D eigenvalue weighted by molar-refractivity contribution is 5.01. The van der Waals surface area contributed by atoms with E-state index in [4.69, 9.17) is 9.78 Å². The summed E-state index contributed by atoms with van der Waals surface area (Å²) in [6, 6.07) is 0. The van der Waals surface area contributed by atoms with E-state index in [1.165, 1.54) is 38.5 Å². The van der Waals surface area contributed by atoms with Crippen LogP contribution in [0.15, 0.2) is 25.3 Å². The minimum Gasteiger partial charge on any atom is -0.225 e. The van der Waals surface area contributed by atoms with Crippen LogP contribution in [0.1, 0.15) is 64.2 Å². The van der Waals surface area contributed by atoms with Crippen LogP contribution in [0.4, 0.5) is 0 Å². The molecule has 0 atom stereocenters. The number of hydrogen-bond acceptors (Lipinski definition) is 2. The Bertz CT molecular complexity index is 253. The minimum absolute atomic E-state index is 0.258. The molecule has 2 fully saturated rings. The largest absolute Gasteiger partial charge is 0.225 e. The molecule has 0 radical (unpaired) electrons.